The van der Waals surface area contributed by atoms with Gasteiger partial charge in [0.2, 0.25) is 0 Å². The van der Waals surface area contributed by atoms with Crippen LogP contribution in [0.25, 0.3) is 0 Å². The highest BCUT2D eigenvalue weighted by Gasteiger charge is 2.20. The van der Waals surface area contributed by atoms with Crippen molar-refractivity contribution in [3.8, 4) is 0 Å². The minimum atomic E-state index is -2.70. The van der Waals surface area contributed by atoms with Crippen molar-refractivity contribution in [2.24, 2.45) is 7.05 Å². The normalized spacial score (nSPS) is 15.3. The number of aryl methyl sites for hydroxylation is 1. The maximum Gasteiger partial charge on any atom is 0.282 e. The van der Waals surface area contributed by atoms with Gasteiger partial charge in [-0.2, -0.15) is 5.10 Å². The summed E-state index contributed by atoms with van der Waals surface area (Å²) in [7, 11) is 1.42. The first kappa shape index (κ1) is 17.4. The Hall–Kier alpha value is -2.44. The molecule has 0 radical (unpaired) electrons. The van der Waals surface area contributed by atoms with Crippen LogP contribution in [0, 0.1) is 0 Å². The van der Waals surface area contributed by atoms with Gasteiger partial charge in [0.05, 0.1) is 11.9 Å². The average molecular weight is 348 g/mol. The Labute approximate surface area is 145 Å². The Balaban J connectivity index is 1.71. The molecule has 1 N–H and O–H groups in total. The Bertz CT molecular complexity index is 719. The van der Waals surface area contributed by atoms with Crippen LogP contribution >= 0.6 is 0 Å². The Morgan fingerprint density at radius 2 is 1.76 bits per heavy atom. The topological polar surface area (TPSA) is 50.2 Å². The van der Waals surface area contributed by atoms with E-state index in [2.05, 4.69) is 15.3 Å². The molecule has 1 aliphatic rings. The molecular formula is C18H22F2N4O. The van der Waals surface area contributed by atoms with Gasteiger partial charge < -0.3 is 10.2 Å². The summed E-state index contributed by atoms with van der Waals surface area (Å²) >= 11 is 0. The molecule has 0 aliphatic carbocycles. The summed E-state index contributed by atoms with van der Waals surface area (Å²) in [5.41, 5.74) is 1.27. The molecule has 25 heavy (non-hydrogen) atoms. The number of nitrogens with zero attached hydrogens (tertiary/aromatic N) is 3. The Morgan fingerprint density at radius 3 is 2.36 bits per heavy atom. The van der Waals surface area contributed by atoms with E-state index in [1.165, 1.54) is 38.9 Å². The Kier molecular flexibility index (Phi) is 5.31. The number of rotatable bonds is 4. The molecule has 0 atom stereocenters. The van der Waals surface area contributed by atoms with Gasteiger partial charge in [0.1, 0.15) is 5.69 Å². The van der Waals surface area contributed by atoms with Crippen molar-refractivity contribution in [3.05, 3.63) is 41.7 Å². The fourth-order valence-corrected chi connectivity index (χ4v) is 3.15. The number of hydrogen-bond acceptors (Lipinski definition) is 3. The number of halogens is 2. The van der Waals surface area contributed by atoms with Crippen LogP contribution in [0.4, 0.5) is 20.2 Å². The van der Waals surface area contributed by atoms with Crippen molar-refractivity contribution >= 4 is 17.3 Å². The molecule has 1 aliphatic heterocycles. The highest BCUT2D eigenvalue weighted by molar-refractivity contribution is 6.04. The van der Waals surface area contributed by atoms with E-state index >= 15 is 0 Å². The zero-order valence-electron chi connectivity index (χ0n) is 14.2. The summed E-state index contributed by atoms with van der Waals surface area (Å²) in [6.45, 7) is 2.05. The quantitative estimate of drug-likeness (QED) is 0.909. The second kappa shape index (κ2) is 7.63. The van der Waals surface area contributed by atoms with Gasteiger partial charge in [-0.3, -0.25) is 9.48 Å². The van der Waals surface area contributed by atoms with E-state index in [9.17, 15) is 13.6 Å². The first-order valence-corrected chi connectivity index (χ1v) is 8.52. The lowest BCUT2D eigenvalue weighted by Crippen LogP contribution is -2.23. The summed E-state index contributed by atoms with van der Waals surface area (Å²) in [4.78, 5) is 14.7. The van der Waals surface area contributed by atoms with Crippen LogP contribution in [0.3, 0.4) is 0 Å². The summed E-state index contributed by atoms with van der Waals surface area (Å²) in [5.74, 6) is -0.419. The number of hydrogen-bond donors (Lipinski definition) is 1. The van der Waals surface area contributed by atoms with Crippen LogP contribution in [0.5, 0.6) is 0 Å². The molecule has 0 bridgehead atoms. The molecule has 1 amide bonds. The molecule has 1 fully saturated rings. The third-order valence-corrected chi connectivity index (χ3v) is 4.54. The predicted molar refractivity (Wildman–Crippen MR) is 93.2 cm³/mol. The van der Waals surface area contributed by atoms with Crippen LogP contribution in [-0.4, -0.2) is 28.8 Å². The van der Waals surface area contributed by atoms with E-state index in [0.29, 0.717) is 5.56 Å². The van der Waals surface area contributed by atoms with Crippen LogP contribution in [0.15, 0.2) is 30.5 Å². The van der Waals surface area contributed by atoms with E-state index in [1.807, 2.05) is 12.1 Å². The molecule has 1 aromatic heterocycles. The fraction of sp³-hybridized carbons (Fsp3) is 0.444. The SMILES string of the molecule is Cn1ncc(NC(=O)c2ccc(N3CCCCCC3)cc2)c1C(F)F. The maximum absolute atomic E-state index is 13.0. The van der Waals surface area contributed by atoms with Crippen molar-refractivity contribution in [1.82, 2.24) is 9.78 Å². The van der Waals surface area contributed by atoms with Gasteiger partial charge in [-0.15, -0.1) is 0 Å². The van der Waals surface area contributed by atoms with Gasteiger partial charge in [-0.25, -0.2) is 8.78 Å². The monoisotopic (exact) mass is 348 g/mol. The van der Waals surface area contributed by atoms with Crippen LogP contribution in [0.2, 0.25) is 0 Å². The minimum absolute atomic E-state index is 0.0408. The number of carbonyl (C=O) groups is 1. The van der Waals surface area contributed by atoms with E-state index in [1.54, 1.807) is 12.1 Å². The second-order valence-corrected chi connectivity index (χ2v) is 6.27. The van der Waals surface area contributed by atoms with E-state index in [-0.39, 0.29) is 11.4 Å². The summed E-state index contributed by atoms with van der Waals surface area (Å²) < 4.78 is 27.2. The molecule has 0 spiro atoms. The molecule has 0 unspecified atom stereocenters. The molecule has 2 aromatic rings. The maximum atomic E-state index is 13.0. The lowest BCUT2D eigenvalue weighted by Gasteiger charge is -2.22. The van der Waals surface area contributed by atoms with Crippen molar-refractivity contribution in [1.29, 1.82) is 0 Å². The number of nitrogens with one attached hydrogen (secondary N) is 1. The fourth-order valence-electron chi connectivity index (χ4n) is 3.15. The molecular weight excluding hydrogens is 326 g/mol. The Morgan fingerprint density at radius 1 is 1.12 bits per heavy atom. The molecule has 7 heteroatoms. The predicted octanol–water partition coefficient (Wildman–Crippen LogP) is 3.99. The number of aromatic nitrogens is 2. The van der Waals surface area contributed by atoms with Crippen molar-refractivity contribution in [3.63, 3.8) is 0 Å². The largest absolute Gasteiger partial charge is 0.372 e. The van der Waals surface area contributed by atoms with Gasteiger partial charge in [-0.1, -0.05) is 12.8 Å². The molecule has 1 aromatic carbocycles. The van der Waals surface area contributed by atoms with Crippen LogP contribution < -0.4 is 10.2 Å². The van der Waals surface area contributed by atoms with Gasteiger partial charge in [0, 0.05) is 31.4 Å². The molecule has 0 saturated carbocycles. The second-order valence-electron chi connectivity index (χ2n) is 6.27. The van der Waals surface area contributed by atoms with Gasteiger partial charge >= 0.3 is 0 Å². The smallest absolute Gasteiger partial charge is 0.282 e. The number of carbonyl (C=O) groups excluding carboxylic acids is 1. The summed E-state index contributed by atoms with van der Waals surface area (Å²) in [6, 6.07) is 7.29. The van der Waals surface area contributed by atoms with Crippen molar-refractivity contribution in [2.75, 3.05) is 23.3 Å². The lowest BCUT2D eigenvalue weighted by atomic mass is 10.1. The standard InChI is InChI=1S/C18H22F2N4O/c1-23-16(17(19)20)15(12-21-23)22-18(25)13-6-8-14(9-7-13)24-10-4-2-3-5-11-24/h6-9,12,17H,2-5,10-11H2,1H3,(H,22,25). The third-order valence-electron chi connectivity index (χ3n) is 4.54. The van der Waals surface area contributed by atoms with Gasteiger partial charge in [0.15, 0.2) is 0 Å². The van der Waals surface area contributed by atoms with Gasteiger partial charge in [0.25, 0.3) is 12.3 Å². The zero-order chi connectivity index (χ0) is 17.8. The molecule has 3 rings (SSSR count). The minimum Gasteiger partial charge on any atom is -0.372 e. The first-order chi connectivity index (χ1) is 12.1. The van der Waals surface area contributed by atoms with Crippen LogP contribution in [-0.2, 0) is 7.05 Å². The van der Waals surface area contributed by atoms with E-state index in [4.69, 9.17) is 0 Å². The van der Waals surface area contributed by atoms with Crippen LogP contribution in [0.1, 0.15) is 48.2 Å². The third kappa shape index (κ3) is 3.97. The number of alkyl halides is 2. The zero-order valence-corrected chi connectivity index (χ0v) is 14.2. The van der Waals surface area contributed by atoms with Crippen molar-refractivity contribution < 1.29 is 13.6 Å². The van der Waals surface area contributed by atoms with Gasteiger partial charge in [-0.05, 0) is 37.1 Å². The number of benzene rings is 1. The van der Waals surface area contributed by atoms with E-state index < -0.39 is 12.3 Å². The summed E-state index contributed by atoms with van der Waals surface area (Å²) in [6.07, 6.45) is 3.42. The highest BCUT2D eigenvalue weighted by atomic mass is 19.3. The van der Waals surface area contributed by atoms with E-state index in [0.717, 1.165) is 23.5 Å². The highest BCUT2D eigenvalue weighted by Crippen LogP contribution is 2.27. The average Bonchev–Trinajstić information content (AvgIpc) is 2.81. The first-order valence-electron chi connectivity index (χ1n) is 8.52. The molecule has 134 valence electrons. The lowest BCUT2D eigenvalue weighted by molar-refractivity contribution is 0.102. The number of amides is 1. The molecule has 1 saturated heterocycles. The van der Waals surface area contributed by atoms with Crippen molar-refractivity contribution in [2.45, 2.75) is 32.1 Å². The molecule has 2 heterocycles. The summed E-state index contributed by atoms with van der Waals surface area (Å²) in [5, 5.41) is 6.31. The molecule has 5 nitrogen and oxygen atoms in total. The number of anilines is 2.